The molecule has 0 saturated heterocycles. The lowest BCUT2D eigenvalue weighted by molar-refractivity contribution is 0.173. The van der Waals surface area contributed by atoms with Gasteiger partial charge in [-0.2, -0.15) is 0 Å². The lowest BCUT2D eigenvalue weighted by atomic mass is 9.92. The minimum Gasteiger partial charge on any atom is -0.326 e. The fourth-order valence-corrected chi connectivity index (χ4v) is 3.10. The Morgan fingerprint density at radius 1 is 1.21 bits per heavy atom. The summed E-state index contributed by atoms with van der Waals surface area (Å²) in [6.07, 6.45) is 7.70. The van der Waals surface area contributed by atoms with E-state index >= 15 is 0 Å². The summed E-state index contributed by atoms with van der Waals surface area (Å²) in [6, 6.07) is 7.06. The van der Waals surface area contributed by atoms with Gasteiger partial charge >= 0.3 is 0 Å². The van der Waals surface area contributed by atoms with Crippen LogP contribution in [-0.4, -0.2) is 29.0 Å². The van der Waals surface area contributed by atoms with Crippen molar-refractivity contribution >= 4 is 0 Å². The van der Waals surface area contributed by atoms with Gasteiger partial charge in [-0.25, -0.2) is 0 Å². The van der Waals surface area contributed by atoms with E-state index in [-0.39, 0.29) is 0 Å². The minimum atomic E-state index is 0.315. The molecule has 0 amide bonds. The summed E-state index contributed by atoms with van der Waals surface area (Å²) in [5.41, 5.74) is 8.61. The molecule has 0 bridgehead atoms. The maximum Gasteiger partial charge on any atom is 0.0547 e. The molecule has 0 radical (unpaired) electrons. The number of aromatic nitrogens is 1. The van der Waals surface area contributed by atoms with Crippen LogP contribution in [0.25, 0.3) is 0 Å². The Labute approximate surface area is 117 Å². The van der Waals surface area contributed by atoms with Crippen molar-refractivity contribution in [3.8, 4) is 0 Å². The van der Waals surface area contributed by atoms with Crippen LogP contribution in [0.15, 0.2) is 18.2 Å². The van der Waals surface area contributed by atoms with E-state index in [2.05, 4.69) is 29.1 Å². The molecular formula is C16H27N3. The molecule has 1 fully saturated rings. The van der Waals surface area contributed by atoms with Crippen LogP contribution in [0, 0.1) is 6.92 Å². The number of likely N-dealkylation sites (N-methyl/N-ethyl adjacent to an activating group) is 1. The molecule has 0 aromatic carbocycles. The normalized spacial score (nSPS) is 25.1. The van der Waals surface area contributed by atoms with Crippen LogP contribution in [-0.2, 0) is 6.54 Å². The first-order chi connectivity index (χ1) is 9.16. The SMILES string of the molecule is Cc1cccc(CN(C)C2CCCCCCC2N)n1. The topological polar surface area (TPSA) is 42.1 Å². The minimum absolute atomic E-state index is 0.315. The van der Waals surface area contributed by atoms with E-state index in [4.69, 9.17) is 5.73 Å². The Hall–Kier alpha value is -0.930. The van der Waals surface area contributed by atoms with Crippen molar-refractivity contribution in [1.29, 1.82) is 0 Å². The zero-order chi connectivity index (χ0) is 13.7. The van der Waals surface area contributed by atoms with Crippen molar-refractivity contribution in [2.45, 2.75) is 64.1 Å². The molecule has 2 atom stereocenters. The van der Waals surface area contributed by atoms with E-state index in [1.165, 1.54) is 32.1 Å². The van der Waals surface area contributed by atoms with Gasteiger partial charge in [-0.3, -0.25) is 9.88 Å². The Morgan fingerprint density at radius 3 is 2.68 bits per heavy atom. The quantitative estimate of drug-likeness (QED) is 0.909. The number of nitrogens with zero attached hydrogens (tertiary/aromatic N) is 2. The van der Waals surface area contributed by atoms with Crippen molar-refractivity contribution in [2.75, 3.05) is 7.05 Å². The van der Waals surface area contributed by atoms with Gasteiger partial charge in [-0.1, -0.05) is 31.7 Å². The first kappa shape index (κ1) is 14.5. The third-order valence-corrected chi connectivity index (χ3v) is 4.21. The monoisotopic (exact) mass is 261 g/mol. The summed E-state index contributed by atoms with van der Waals surface area (Å²) < 4.78 is 0. The number of hydrogen-bond acceptors (Lipinski definition) is 3. The van der Waals surface area contributed by atoms with Crippen LogP contribution in [0.3, 0.4) is 0 Å². The third-order valence-electron chi connectivity index (χ3n) is 4.21. The number of pyridine rings is 1. The van der Waals surface area contributed by atoms with Gasteiger partial charge in [0, 0.05) is 24.3 Å². The maximum atomic E-state index is 6.37. The molecule has 1 aliphatic rings. The third kappa shape index (κ3) is 4.29. The zero-order valence-corrected chi connectivity index (χ0v) is 12.3. The zero-order valence-electron chi connectivity index (χ0n) is 12.3. The second-order valence-corrected chi connectivity index (χ2v) is 5.91. The van der Waals surface area contributed by atoms with E-state index in [1.54, 1.807) is 0 Å². The van der Waals surface area contributed by atoms with E-state index < -0.39 is 0 Å². The summed E-state index contributed by atoms with van der Waals surface area (Å²) >= 11 is 0. The lowest BCUT2D eigenvalue weighted by Gasteiger charge is -2.34. The van der Waals surface area contributed by atoms with Gasteiger partial charge in [0.2, 0.25) is 0 Å². The predicted octanol–water partition coefficient (Wildman–Crippen LogP) is 2.87. The Kier molecular flexibility index (Phi) is 5.34. The highest BCUT2D eigenvalue weighted by atomic mass is 15.2. The van der Waals surface area contributed by atoms with Crippen LogP contribution in [0.4, 0.5) is 0 Å². The van der Waals surface area contributed by atoms with Gasteiger partial charge < -0.3 is 5.73 Å². The van der Waals surface area contributed by atoms with Crippen molar-refractivity contribution in [1.82, 2.24) is 9.88 Å². The molecule has 1 saturated carbocycles. The molecule has 2 N–H and O–H groups in total. The summed E-state index contributed by atoms with van der Waals surface area (Å²) in [5.74, 6) is 0. The summed E-state index contributed by atoms with van der Waals surface area (Å²) in [5, 5.41) is 0. The van der Waals surface area contributed by atoms with Crippen LogP contribution in [0.5, 0.6) is 0 Å². The van der Waals surface area contributed by atoms with Crippen molar-refractivity contribution in [2.24, 2.45) is 5.73 Å². The summed E-state index contributed by atoms with van der Waals surface area (Å²) in [7, 11) is 2.19. The Morgan fingerprint density at radius 2 is 1.95 bits per heavy atom. The van der Waals surface area contributed by atoms with Crippen LogP contribution in [0.2, 0.25) is 0 Å². The first-order valence-corrected chi connectivity index (χ1v) is 7.55. The lowest BCUT2D eigenvalue weighted by Crippen LogP contribution is -2.46. The number of aryl methyl sites for hydroxylation is 1. The average Bonchev–Trinajstić information content (AvgIpc) is 2.34. The van der Waals surface area contributed by atoms with Gasteiger partial charge in [0.1, 0.15) is 0 Å². The second kappa shape index (κ2) is 7.01. The Bertz CT molecular complexity index is 391. The Balaban J connectivity index is 1.98. The molecular weight excluding hydrogens is 234 g/mol. The van der Waals surface area contributed by atoms with Crippen molar-refractivity contribution in [3.05, 3.63) is 29.6 Å². The fraction of sp³-hybridized carbons (Fsp3) is 0.688. The molecule has 19 heavy (non-hydrogen) atoms. The summed E-state index contributed by atoms with van der Waals surface area (Å²) in [4.78, 5) is 6.99. The molecule has 106 valence electrons. The molecule has 3 nitrogen and oxygen atoms in total. The largest absolute Gasteiger partial charge is 0.326 e. The number of rotatable bonds is 3. The molecule has 1 aliphatic carbocycles. The molecule has 3 heteroatoms. The van der Waals surface area contributed by atoms with Gasteiger partial charge in [0.25, 0.3) is 0 Å². The predicted molar refractivity (Wildman–Crippen MR) is 79.9 cm³/mol. The average molecular weight is 261 g/mol. The highest BCUT2D eigenvalue weighted by molar-refractivity contribution is 5.10. The standard InChI is InChI=1S/C16H27N3/c1-13-8-7-9-14(18-13)12-19(2)16-11-6-4-3-5-10-15(16)17/h7-9,15-16H,3-6,10-12,17H2,1-2H3. The molecule has 1 aromatic rings. The number of nitrogens with two attached hydrogens (primary N) is 1. The van der Waals surface area contributed by atoms with Gasteiger partial charge in [-0.05, 0) is 38.9 Å². The molecule has 0 aliphatic heterocycles. The molecule has 2 unspecified atom stereocenters. The van der Waals surface area contributed by atoms with Gasteiger partial charge in [0.15, 0.2) is 0 Å². The summed E-state index contributed by atoms with van der Waals surface area (Å²) in [6.45, 7) is 2.95. The molecule has 1 heterocycles. The van der Waals surface area contributed by atoms with Crippen LogP contribution in [0.1, 0.15) is 49.9 Å². The van der Waals surface area contributed by atoms with E-state index in [9.17, 15) is 0 Å². The second-order valence-electron chi connectivity index (χ2n) is 5.91. The fourth-order valence-electron chi connectivity index (χ4n) is 3.10. The van der Waals surface area contributed by atoms with Gasteiger partial charge in [0.05, 0.1) is 5.69 Å². The van der Waals surface area contributed by atoms with E-state index in [0.717, 1.165) is 24.4 Å². The van der Waals surface area contributed by atoms with Crippen molar-refractivity contribution in [3.63, 3.8) is 0 Å². The number of hydrogen-bond donors (Lipinski definition) is 1. The van der Waals surface area contributed by atoms with Gasteiger partial charge in [-0.15, -0.1) is 0 Å². The highest BCUT2D eigenvalue weighted by Crippen LogP contribution is 2.21. The maximum absolute atomic E-state index is 6.37. The molecule has 1 aromatic heterocycles. The van der Waals surface area contributed by atoms with Crippen molar-refractivity contribution < 1.29 is 0 Å². The van der Waals surface area contributed by atoms with E-state index in [1.807, 2.05) is 13.0 Å². The molecule has 2 rings (SSSR count). The van der Waals surface area contributed by atoms with E-state index in [0.29, 0.717) is 12.1 Å². The smallest absolute Gasteiger partial charge is 0.0547 e. The first-order valence-electron chi connectivity index (χ1n) is 7.55. The molecule has 0 spiro atoms. The highest BCUT2D eigenvalue weighted by Gasteiger charge is 2.23. The van der Waals surface area contributed by atoms with Crippen LogP contribution >= 0.6 is 0 Å². The van der Waals surface area contributed by atoms with Crippen LogP contribution < -0.4 is 5.73 Å².